The quantitative estimate of drug-likeness (QED) is 0.554. The lowest BCUT2D eigenvalue weighted by Gasteiger charge is -2.28. The van der Waals surface area contributed by atoms with Crippen molar-refractivity contribution >= 4 is 11.8 Å². The van der Waals surface area contributed by atoms with E-state index in [0.717, 1.165) is 24.6 Å². The molecular formula is C25H25N5O4. The average Bonchev–Trinajstić information content (AvgIpc) is 2.88. The first-order valence-electron chi connectivity index (χ1n) is 10.8. The van der Waals surface area contributed by atoms with Crippen molar-refractivity contribution in [2.24, 2.45) is 5.73 Å². The van der Waals surface area contributed by atoms with Gasteiger partial charge in [-0.3, -0.25) is 9.78 Å². The van der Waals surface area contributed by atoms with Gasteiger partial charge in [-0.1, -0.05) is 6.07 Å². The Morgan fingerprint density at radius 1 is 1.21 bits per heavy atom. The van der Waals surface area contributed by atoms with Gasteiger partial charge in [-0.15, -0.1) is 0 Å². The molecule has 1 aliphatic rings. The first kappa shape index (κ1) is 23.2. The molecule has 9 heteroatoms. The van der Waals surface area contributed by atoms with Gasteiger partial charge in [-0.05, 0) is 36.8 Å². The predicted octanol–water partition coefficient (Wildman–Crippen LogP) is 3.13. The lowest BCUT2D eigenvalue weighted by molar-refractivity contribution is -0.142. The Morgan fingerprint density at radius 2 is 2.00 bits per heavy atom. The molecule has 0 spiro atoms. The molecule has 9 nitrogen and oxygen atoms in total. The van der Waals surface area contributed by atoms with Crippen molar-refractivity contribution in [1.29, 1.82) is 5.26 Å². The summed E-state index contributed by atoms with van der Waals surface area (Å²) < 4.78 is 16.4. The molecule has 1 atom stereocenters. The summed E-state index contributed by atoms with van der Waals surface area (Å²) in [6.45, 7) is 4.74. The maximum Gasteiger partial charge on any atom is 0.327 e. The predicted molar refractivity (Wildman–Crippen MR) is 125 cm³/mol. The molecular weight excluding hydrogens is 434 g/mol. The Labute approximate surface area is 197 Å². The summed E-state index contributed by atoms with van der Waals surface area (Å²) in [5, 5.41) is 9.41. The molecule has 2 N–H and O–H groups in total. The Kier molecular flexibility index (Phi) is 7.01. The number of aryl methyl sites for hydroxylation is 1. The average molecular weight is 460 g/mol. The van der Waals surface area contributed by atoms with Crippen molar-refractivity contribution in [3.05, 3.63) is 65.5 Å². The molecule has 34 heavy (non-hydrogen) atoms. The molecule has 174 valence electrons. The maximum atomic E-state index is 11.7. The highest BCUT2D eigenvalue weighted by molar-refractivity contribution is 5.77. The van der Waals surface area contributed by atoms with E-state index in [-0.39, 0.29) is 0 Å². The summed E-state index contributed by atoms with van der Waals surface area (Å²) in [6.07, 6.45) is 1.53. The molecule has 0 aliphatic carbocycles. The van der Waals surface area contributed by atoms with E-state index in [9.17, 15) is 10.1 Å². The summed E-state index contributed by atoms with van der Waals surface area (Å²) in [5.41, 5.74) is 9.02. The summed E-state index contributed by atoms with van der Waals surface area (Å²) in [4.78, 5) is 23.0. The van der Waals surface area contributed by atoms with Crippen LogP contribution in [-0.2, 0) is 14.3 Å². The molecule has 1 saturated heterocycles. The van der Waals surface area contributed by atoms with Crippen LogP contribution in [0.25, 0.3) is 11.3 Å². The van der Waals surface area contributed by atoms with Gasteiger partial charge in [0.15, 0.2) is 0 Å². The van der Waals surface area contributed by atoms with Gasteiger partial charge in [0.1, 0.15) is 23.4 Å². The Bertz CT molecular complexity index is 1220. The zero-order valence-electron chi connectivity index (χ0n) is 19.0. The number of hydrogen-bond donors (Lipinski definition) is 1. The van der Waals surface area contributed by atoms with Gasteiger partial charge in [0.2, 0.25) is 0 Å². The number of carbonyl (C=O) groups excluding carboxylic acids is 1. The lowest BCUT2D eigenvalue weighted by Crippen LogP contribution is -2.36. The fourth-order valence-electron chi connectivity index (χ4n) is 3.66. The van der Waals surface area contributed by atoms with Gasteiger partial charge in [0.05, 0.1) is 37.7 Å². The number of aromatic nitrogens is 2. The molecule has 1 aliphatic heterocycles. The number of morpholine rings is 1. The Morgan fingerprint density at radius 3 is 2.68 bits per heavy atom. The van der Waals surface area contributed by atoms with E-state index in [0.29, 0.717) is 47.1 Å². The van der Waals surface area contributed by atoms with Crippen molar-refractivity contribution in [1.82, 2.24) is 9.97 Å². The minimum atomic E-state index is -0.915. The van der Waals surface area contributed by atoms with Gasteiger partial charge in [0.25, 0.3) is 0 Å². The third-order valence-electron chi connectivity index (χ3n) is 5.46. The first-order valence-corrected chi connectivity index (χ1v) is 10.8. The maximum absolute atomic E-state index is 11.7. The standard InChI is InChI=1S/C25H25N5O4/c1-16-11-19(13-23(29-16)30-7-9-33-10-8-30)34-22-12-17(14-26)3-5-20(22)21-6-4-18(15-28-21)24(27)25(31)32-2/h3-6,11-13,15,24H,7-10,27H2,1-2H3. The number of methoxy groups -OCH3 is 1. The van der Waals surface area contributed by atoms with Crippen LogP contribution >= 0.6 is 0 Å². The zero-order valence-corrected chi connectivity index (χ0v) is 19.0. The van der Waals surface area contributed by atoms with Crippen LogP contribution in [0, 0.1) is 18.3 Å². The number of nitriles is 1. The van der Waals surface area contributed by atoms with Gasteiger partial charge in [-0.25, -0.2) is 4.98 Å². The highest BCUT2D eigenvalue weighted by atomic mass is 16.5. The molecule has 0 amide bonds. The number of carbonyl (C=O) groups is 1. The van der Waals surface area contributed by atoms with Crippen molar-refractivity contribution in [2.75, 3.05) is 38.3 Å². The molecule has 1 unspecified atom stereocenters. The highest BCUT2D eigenvalue weighted by Crippen LogP contribution is 2.35. The number of ether oxygens (including phenoxy) is 3. The second-order valence-corrected chi connectivity index (χ2v) is 7.80. The number of hydrogen-bond acceptors (Lipinski definition) is 9. The fraction of sp³-hybridized carbons (Fsp3) is 0.280. The van der Waals surface area contributed by atoms with E-state index in [2.05, 4.69) is 20.9 Å². The van der Waals surface area contributed by atoms with E-state index in [1.807, 2.05) is 19.1 Å². The summed E-state index contributed by atoms with van der Waals surface area (Å²) in [6, 6.07) is 13.6. The van der Waals surface area contributed by atoms with Crippen molar-refractivity contribution < 1.29 is 19.0 Å². The topological polar surface area (TPSA) is 124 Å². The molecule has 3 aromatic rings. The molecule has 1 fully saturated rings. The lowest BCUT2D eigenvalue weighted by atomic mass is 10.0. The molecule has 0 saturated carbocycles. The van der Waals surface area contributed by atoms with E-state index in [1.165, 1.54) is 13.3 Å². The van der Waals surface area contributed by atoms with Crippen LogP contribution in [0.15, 0.2) is 48.7 Å². The van der Waals surface area contributed by atoms with Crippen LogP contribution in [0.2, 0.25) is 0 Å². The number of nitrogens with two attached hydrogens (primary N) is 1. The summed E-state index contributed by atoms with van der Waals surface area (Å²) in [5.74, 6) is 1.36. The van der Waals surface area contributed by atoms with Gasteiger partial charge in [0, 0.05) is 42.7 Å². The van der Waals surface area contributed by atoms with Gasteiger partial charge < -0.3 is 24.8 Å². The summed E-state index contributed by atoms with van der Waals surface area (Å²) in [7, 11) is 1.29. The molecule has 3 heterocycles. The van der Waals surface area contributed by atoms with Crippen LogP contribution in [0.3, 0.4) is 0 Å². The normalized spacial score (nSPS) is 14.2. The van der Waals surface area contributed by atoms with E-state index < -0.39 is 12.0 Å². The van der Waals surface area contributed by atoms with Crippen LogP contribution in [0.5, 0.6) is 11.5 Å². The van der Waals surface area contributed by atoms with Crippen LogP contribution < -0.4 is 15.4 Å². The van der Waals surface area contributed by atoms with Gasteiger partial charge >= 0.3 is 5.97 Å². The van der Waals surface area contributed by atoms with E-state index in [1.54, 1.807) is 30.3 Å². The van der Waals surface area contributed by atoms with Crippen LogP contribution in [0.4, 0.5) is 5.82 Å². The number of benzene rings is 1. The van der Waals surface area contributed by atoms with Crippen LogP contribution in [-0.4, -0.2) is 49.4 Å². The minimum absolute atomic E-state index is 0.460. The Balaban J connectivity index is 1.66. The molecule has 4 rings (SSSR count). The number of anilines is 1. The fourth-order valence-corrected chi connectivity index (χ4v) is 3.66. The number of pyridine rings is 2. The highest BCUT2D eigenvalue weighted by Gasteiger charge is 2.18. The van der Waals surface area contributed by atoms with Crippen LogP contribution in [0.1, 0.15) is 22.9 Å². The number of rotatable bonds is 6. The van der Waals surface area contributed by atoms with E-state index >= 15 is 0 Å². The minimum Gasteiger partial charge on any atom is -0.468 e. The first-order chi connectivity index (χ1) is 16.5. The second kappa shape index (κ2) is 10.3. The monoisotopic (exact) mass is 459 g/mol. The van der Waals surface area contributed by atoms with Crippen molar-refractivity contribution in [3.8, 4) is 28.8 Å². The van der Waals surface area contributed by atoms with Crippen molar-refractivity contribution in [3.63, 3.8) is 0 Å². The zero-order chi connectivity index (χ0) is 24.1. The third kappa shape index (κ3) is 5.14. The van der Waals surface area contributed by atoms with Gasteiger partial charge in [-0.2, -0.15) is 5.26 Å². The Hall–Kier alpha value is -4.00. The third-order valence-corrected chi connectivity index (χ3v) is 5.46. The molecule has 0 radical (unpaired) electrons. The SMILES string of the molecule is COC(=O)C(N)c1ccc(-c2ccc(C#N)cc2Oc2cc(C)nc(N3CCOCC3)c2)nc1. The summed E-state index contributed by atoms with van der Waals surface area (Å²) >= 11 is 0. The molecule has 0 bridgehead atoms. The van der Waals surface area contributed by atoms with Crippen molar-refractivity contribution in [2.45, 2.75) is 13.0 Å². The van der Waals surface area contributed by atoms with E-state index in [4.69, 9.17) is 19.9 Å². The second-order valence-electron chi connectivity index (χ2n) is 7.80. The number of nitrogens with zero attached hydrogens (tertiary/aromatic N) is 4. The largest absolute Gasteiger partial charge is 0.468 e. The number of esters is 1. The smallest absolute Gasteiger partial charge is 0.327 e. The molecule has 1 aromatic carbocycles. The molecule has 2 aromatic heterocycles.